The molecule has 0 saturated carbocycles. The molecule has 2 rings (SSSR count). The monoisotopic (exact) mass is 247 g/mol. The van der Waals surface area contributed by atoms with E-state index in [0.717, 1.165) is 25.3 Å². The van der Waals surface area contributed by atoms with E-state index in [4.69, 9.17) is 0 Å². The van der Waals surface area contributed by atoms with Crippen LogP contribution in [0, 0.1) is 5.41 Å². The second kappa shape index (κ2) is 5.70. The van der Waals surface area contributed by atoms with E-state index in [-0.39, 0.29) is 0 Å². The fraction of sp³-hybridized carbons (Fsp3) is 0.667. The van der Waals surface area contributed by atoms with E-state index in [1.807, 2.05) is 6.20 Å². The Labute approximate surface area is 111 Å². The van der Waals surface area contributed by atoms with Crippen LogP contribution in [0.2, 0.25) is 0 Å². The van der Waals surface area contributed by atoms with Gasteiger partial charge in [-0.2, -0.15) is 0 Å². The molecule has 100 valence electrons. The average Bonchev–Trinajstić information content (AvgIpc) is 2.68. The van der Waals surface area contributed by atoms with Crippen LogP contribution in [0.25, 0.3) is 0 Å². The van der Waals surface area contributed by atoms with Crippen molar-refractivity contribution in [3.63, 3.8) is 0 Å². The fourth-order valence-corrected chi connectivity index (χ4v) is 2.49. The zero-order valence-electron chi connectivity index (χ0n) is 11.9. The molecule has 3 heteroatoms. The second-order valence-electron chi connectivity index (χ2n) is 6.10. The first kappa shape index (κ1) is 13.3. The highest BCUT2D eigenvalue weighted by Crippen LogP contribution is 2.29. The lowest BCUT2D eigenvalue weighted by Gasteiger charge is -2.19. The average molecular weight is 247 g/mol. The molecule has 1 aliphatic heterocycles. The van der Waals surface area contributed by atoms with Gasteiger partial charge in [0, 0.05) is 25.8 Å². The molecular formula is C15H25N3. The lowest BCUT2D eigenvalue weighted by atomic mass is 9.93. The third-order valence-electron chi connectivity index (χ3n) is 3.54. The maximum Gasteiger partial charge on any atom is 0.125 e. The molecule has 3 nitrogen and oxygen atoms in total. The van der Waals surface area contributed by atoms with E-state index in [2.05, 4.69) is 48.1 Å². The summed E-state index contributed by atoms with van der Waals surface area (Å²) in [4.78, 5) is 6.98. The predicted molar refractivity (Wildman–Crippen MR) is 76.7 cm³/mol. The molecule has 18 heavy (non-hydrogen) atoms. The summed E-state index contributed by atoms with van der Waals surface area (Å²) in [6.45, 7) is 11.3. The first-order chi connectivity index (χ1) is 8.59. The lowest BCUT2D eigenvalue weighted by molar-refractivity contribution is 0.284. The highest BCUT2D eigenvalue weighted by Gasteiger charge is 2.28. The lowest BCUT2D eigenvalue weighted by Crippen LogP contribution is -2.22. The van der Waals surface area contributed by atoms with Crippen LogP contribution >= 0.6 is 0 Å². The molecule has 0 unspecified atom stereocenters. The number of nitrogens with one attached hydrogen (secondary N) is 1. The van der Waals surface area contributed by atoms with Crippen LogP contribution in [0.5, 0.6) is 0 Å². The van der Waals surface area contributed by atoms with Crippen LogP contribution in [0.1, 0.15) is 39.2 Å². The number of anilines is 1. The van der Waals surface area contributed by atoms with Crippen molar-refractivity contribution in [2.75, 3.05) is 25.0 Å². The Morgan fingerprint density at radius 3 is 2.78 bits per heavy atom. The fourth-order valence-electron chi connectivity index (χ4n) is 2.49. The zero-order chi connectivity index (χ0) is 13.0. The first-order valence-corrected chi connectivity index (χ1v) is 7.00. The number of nitrogens with zero attached hydrogens (tertiary/aromatic N) is 2. The molecule has 1 fully saturated rings. The topological polar surface area (TPSA) is 28.2 Å². The summed E-state index contributed by atoms with van der Waals surface area (Å²) < 4.78 is 0. The Kier molecular flexibility index (Phi) is 4.23. The Balaban J connectivity index is 1.87. The van der Waals surface area contributed by atoms with E-state index in [9.17, 15) is 0 Å². The third-order valence-corrected chi connectivity index (χ3v) is 3.54. The van der Waals surface area contributed by atoms with E-state index in [1.165, 1.54) is 25.1 Å². The van der Waals surface area contributed by atoms with Crippen molar-refractivity contribution < 1.29 is 0 Å². The molecule has 1 N–H and O–H groups in total. The van der Waals surface area contributed by atoms with Crippen molar-refractivity contribution in [1.82, 2.24) is 9.88 Å². The predicted octanol–water partition coefficient (Wildman–Crippen LogP) is 3.14. The summed E-state index contributed by atoms with van der Waals surface area (Å²) in [5.74, 6) is 0.988. The Morgan fingerprint density at radius 2 is 2.22 bits per heavy atom. The normalized spacial score (nSPS) is 19.1. The second-order valence-corrected chi connectivity index (χ2v) is 6.10. The summed E-state index contributed by atoms with van der Waals surface area (Å²) in [6, 6.07) is 4.28. The minimum atomic E-state index is 0.482. The van der Waals surface area contributed by atoms with Gasteiger partial charge in [-0.05, 0) is 36.4 Å². The maximum absolute atomic E-state index is 4.46. The smallest absolute Gasteiger partial charge is 0.125 e. The van der Waals surface area contributed by atoms with Gasteiger partial charge in [-0.1, -0.05) is 26.8 Å². The third kappa shape index (κ3) is 3.70. The van der Waals surface area contributed by atoms with Crippen LogP contribution in [0.4, 0.5) is 5.82 Å². The minimum absolute atomic E-state index is 0.482. The highest BCUT2D eigenvalue weighted by molar-refractivity contribution is 5.35. The van der Waals surface area contributed by atoms with Gasteiger partial charge in [0.15, 0.2) is 0 Å². The van der Waals surface area contributed by atoms with Gasteiger partial charge in [-0.25, -0.2) is 4.98 Å². The van der Waals surface area contributed by atoms with Gasteiger partial charge >= 0.3 is 0 Å². The molecule has 0 spiro atoms. The van der Waals surface area contributed by atoms with Gasteiger partial charge in [0.25, 0.3) is 0 Å². The number of hydrogen-bond donors (Lipinski definition) is 1. The van der Waals surface area contributed by atoms with Gasteiger partial charge in [0.1, 0.15) is 5.82 Å². The largest absolute Gasteiger partial charge is 0.370 e. The first-order valence-electron chi connectivity index (χ1n) is 7.00. The standard InChI is InChI=1S/C15H25N3/c1-4-8-16-14-6-5-13(10-17-14)11-18-9-7-15(2,3)12-18/h5-6,10H,4,7-9,11-12H2,1-3H3,(H,16,17). The summed E-state index contributed by atoms with van der Waals surface area (Å²) in [7, 11) is 0. The van der Waals surface area contributed by atoms with Crippen LogP contribution in [-0.2, 0) is 6.54 Å². The van der Waals surface area contributed by atoms with Crippen LogP contribution < -0.4 is 5.32 Å². The van der Waals surface area contributed by atoms with E-state index in [0.29, 0.717) is 5.41 Å². The summed E-state index contributed by atoms with van der Waals surface area (Å²) in [5.41, 5.74) is 1.80. The van der Waals surface area contributed by atoms with Gasteiger partial charge in [-0.3, -0.25) is 4.90 Å². The van der Waals surface area contributed by atoms with Crippen molar-refractivity contribution in [2.45, 2.75) is 40.2 Å². The highest BCUT2D eigenvalue weighted by atomic mass is 15.2. The van der Waals surface area contributed by atoms with Crippen molar-refractivity contribution in [3.8, 4) is 0 Å². The molecule has 1 aromatic heterocycles. The molecule has 1 saturated heterocycles. The van der Waals surface area contributed by atoms with Gasteiger partial charge in [0.05, 0.1) is 0 Å². The maximum atomic E-state index is 4.46. The Bertz CT molecular complexity index is 370. The van der Waals surface area contributed by atoms with E-state index < -0.39 is 0 Å². The minimum Gasteiger partial charge on any atom is -0.370 e. The summed E-state index contributed by atoms with van der Waals surface area (Å²) in [5, 5.41) is 3.30. The zero-order valence-corrected chi connectivity index (χ0v) is 11.9. The molecular weight excluding hydrogens is 222 g/mol. The van der Waals surface area contributed by atoms with Crippen LogP contribution in [0.3, 0.4) is 0 Å². The molecule has 0 atom stereocenters. The molecule has 2 heterocycles. The quantitative estimate of drug-likeness (QED) is 0.866. The van der Waals surface area contributed by atoms with Crippen molar-refractivity contribution in [2.24, 2.45) is 5.41 Å². The molecule has 1 aromatic rings. The summed E-state index contributed by atoms with van der Waals surface area (Å²) >= 11 is 0. The number of hydrogen-bond acceptors (Lipinski definition) is 3. The Hall–Kier alpha value is -1.09. The molecule has 0 aliphatic carbocycles. The molecule has 1 aliphatic rings. The molecule has 0 aromatic carbocycles. The number of aromatic nitrogens is 1. The van der Waals surface area contributed by atoms with Crippen molar-refractivity contribution >= 4 is 5.82 Å². The van der Waals surface area contributed by atoms with Gasteiger partial charge < -0.3 is 5.32 Å². The van der Waals surface area contributed by atoms with Crippen LogP contribution in [0.15, 0.2) is 18.3 Å². The SMILES string of the molecule is CCCNc1ccc(CN2CCC(C)(C)C2)cn1. The number of likely N-dealkylation sites (tertiary alicyclic amines) is 1. The summed E-state index contributed by atoms with van der Waals surface area (Å²) in [6.07, 6.45) is 4.44. The number of pyridine rings is 1. The molecule has 0 bridgehead atoms. The van der Waals surface area contributed by atoms with Crippen molar-refractivity contribution in [3.05, 3.63) is 23.9 Å². The molecule has 0 amide bonds. The van der Waals surface area contributed by atoms with E-state index >= 15 is 0 Å². The van der Waals surface area contributed by atoms with E-state index in [1.54, 1.807) is 0 Å². The Morgan fingerprint density at radius 1 is 1.39 bits per heavy atom. The van der Waals surface area contributed by atoms with Crippen LogP contribution in [-0.4, -0.2) is 29.5 Å². The van der Waals surface area contributed by atoms with Gasteiger partial charge in [-0.15, -0.1) is 0 Å². The van der Waals surface area contributed by atoms with Crippen molar-refractivity contribution in [1.29, 1.82) is 0 Å². The number of rotatable bonds is 5. The van der Waals surface area contributed by atoms with Gasteiger partial charge in [0.2, 0.25) is 0 Å². The molecule has 0 radical (unpaired) electrons.